The fourth-order valence-electron chi connectivity index (χ4n) is 3.49. The van der Waals surface area contributed by atoms with Crippen LogP contribution in [0.2, 0.25) is 0 Å². The summed E-state index contributed by atoms with van der Waals surface area (Å²) in [4.78, 5) is 4.60. The number of hydrogen-bond acceptors (Lipinski definition) is 5. The second-order valence-corrected chi connectivity index (χ2v) is 6.87. The molecule has 2 N–H and O–H groups in total. The monoisotopic (exact) mass is 375 g/mol. The average Bonchev–Trinajstić information content (AvgIpc) is 3.16. The zero-order chi connectivity index (χ0) is 19.3. The van der Waals surface area contributed by atoms with E-state index in [9.17, 15) is 0 Å². The summed E-state index contributed by atoms with van der Waals surface area (Å²) in [5.74, 6) is 0. The molecule has 6 nitrogen and oxygen atoms in total. The van der Waals surface area contributed by atoms with Crippen LogP contribution in [-0.2, 0) is 4.74 Å². The second kappa shape index (κ2) is 8.37. The quantitative estimate of drug-likeness (QED) is 0.616. The van der Waals surface area contributed by atoms with Crippen LogP contribution in [0.15, 0.2) is 60.5 Å². The van der Waals surface area contributed by atoms with E-state index in [1.165, 1.54) is 11.1 Å². The normalized spacial score (nSPS) is 14.1. The molecule has 28 heavy (non-hydrogen) atoms. The van der Waals surface area contributed by atoms with Gasteiger partial charge in [0.05, 0.1) is 31.4 Å². The van der Waals surface area contributed by atoms with E-state index in [0.717, 1.165) is 41.0 Å². The van der Waals surface area contributed by atoms with E-state index in [1.807, 2.05) is 30.0 Å². The number of fused-ring (bicyclic) bond motifs is 1. The molecule has 2 aromatic heterocycles. The molecule has 6 heteroatoms. The first-order chi connectivity index (χ1) is 13.8. The van der Waals surface area contributed by atoms with Crippen LogP contribution in [0.5, 0.6) is 0 Å². The minimum Gasteiger partial charge on any atom is -0.380 e. The molecule has 4 rings (SSSR count). The lowest BCUT2D eigenvalue weighted by Gasteiger charge is -2.14. The maximum Gasteiger partial charge on any atom is 0.154 e. The summed E-state index contributed by atoms with van der Waals surface area (Å²) in [5, 5.41) is 11.1. The first-order valence-electron chi connectivity index (χ1n) is 9.50. The molecule has 0 amide bonds. The van der Waals surface area contributed by atoms with Gasteiger partial charge in [0.15, 0.2) is 5.65 Å². The van der Waals surface area contributed by atoms with Gasteiger partial charge in [0.2, 0.25) is 0 Å². The van der Waals surface area contributed by atoms with E-state index in [0.29, 0.717) is 13.3 Å². The summed E-state index contributed by atoms with van der Waals surface area (Å²) in [6.07, 6.45) is 10.3. The molecule has 0 fully saturated rings. The van der Waals surface area contributed by atoms with Gasteiger partial charge in [-0.1, -0.05) is 24.3 Å². The van der Waals surface area contributed by atoms with E-state index in [1.54, 1.807) is 7.11 Å². The van der Waals surface area contributed by atoms with Gasteiger partial charge in [-0.25, -0.2) is 9.50 Å². The van der Waals surface area contributed by atoms with Crippen molar-refractivity contribution < 1.29 is 4.74 Å². The van der Waals surface area contributed by atoms with E-state index < -0.39 is 0 Å². The average molecular weight is 375 g/mol. The molecular weight excluding hydrogens is 350 g/mol. The summed E-state index contributed by atoms with van der Waals surface area (Å²) in [6, 6.07) is 10.4. The Hall–Kier alpha value is -2.96. The molecular formula is C22H25N5O. The highest BCUT2D eigenvalue weighted by molar-refractivity contribution is 5.73. The lowest BCUT2D eigenvalue weighted by atomic mass is 9.95. The van der Waals surface area contributed by atoms with Gasteiger partial charge in [-0.15, -0.1) is 0 Å². The lowest BCUT2D eigenvalue weighted by Crippen LogP contribution is -2.16. The van der Waals surface area contributed by atoms with E-state index in [4.69, 9.17) is 4.74 Å². The number of methoxy groups -OCH3 is 1. The maximum atomic E-state index is 5.27. The zero-order valence-electron chi connectivity index (χ0n) is 16.3. The molecule has 0 atom stereocenters. The van der Waals surface area contributed by atoms with E-state index >= 15 is 0 Å². The summed E-state index contributed by atoms with van der Waals surface area (Å²) in [5.41, 5.74) is 7.60. The van der Waals surface area contributed by atoms with Gasteiger partial charge < -0.3 is 15.4 Å². The summed E-state index contributed by atoms with van der Waals surface area (Å²) in [6.45, 7) is 1.36. The van der Waals surface area contributed by atoms with Crippen LogP contribution >= 0.6 is 0 Å². The number of rotatable bonds is 7. The van der Waals surface area contributed by atoms with Crippen LogP contribution in [0.4, 0.5) is 5.69 Å². The number of anilines is 1. The number of imidazole rings is 1. The number of allylic oxidation sites excluding steroid dienone is 2. The first kappa shape index (κ1) is 18.4. The number of nitrogens with one attached hydrogen (secondary N) is 2. The Morgan fingerprint density at radius 1 is 1.18 bits per heavy atom. The number of benzene rings is 1. The van der Waals surface area contributed by atoms with Crippen molar-refractivity contribution in [2.75, 3.05) is 32.7 Å². The number of aromatic nitrogens is 3. The molecule has 0 bridgehead atoms. The highest BCUT2D eigenvalue weighted by atomic mass is 16.5. The van der Waals surface area contributed by atoms with Gasteiger partial charge in [0.25, 0.3) is 0 Å². The Morgan fingerprint density at radius 2 is 2.11 bits per heavy atom. The molecule has 1 aliphatic carbocycles. The van der Waals surface area contributed by atoms with Crippen LogP contribution in [0.1, 0.15) is 18.4 Å². The summed E-state index contributed by atoms with van der Waals surface area (Å²) >= 11 is 0. The van der Waals surface area contributed by atoms with Crippen molar-refractivity contribution in [1.29, 1.82) is 0 Å². The molecule has 0 aliphatic heterocycles. The Kier molecular flexibility index (Phi) is 5.50. The van der Waals surface area contributed by atoms with E-state index in [-0.39, 0.29) is 0 Å². The van der Waals surface area contributed by atoms with Gasteiger partial charge in [-0.2, -0.15) is 5.10 Å². The van der Waals surface area contributed by atoms with Crippen LogP contribution in [-0.4, -0.2) is 42.0 Å². The van der Waals surface area contributed by atoms with Crippen LogP contribution in [0.3, 0.4) is 0 Å². The fraction of sp³-hybridized carbons (Fsp3) is 0.273. The summed E-state index contributed by atoms with van der Waals surface area (Å²) < 4.78 is 7.17. The largest absolute Gasteiger partial charge is 0.380 e. The molecule has 0 saturated heterocycles. The zero-order valence-corrected chi connectivity index (χ0v) is 16.3. The van der Waals surface area contributed by atoms with Gasteiger partial charge in [-0.3, -0.25) is 0 Å². The van der Waals surface area contributed by atoms with Crippen LogP contribution in [0, 0.1) is 0 Å². The Labute approximate surface area is 164 Å². The molecule has 1 aliphatic rings. The molecule has 2 heterocycles. The Morgan fingerprint density at radius 3 is 2.96 bits per heavy atom. The van der Waals surface area contributed by atoms with Crippen molar-refractivity contribution >= 4 is 16.9 Å². The predicted molar refractivity (Wildman–Crippen MR) is 113 cm³/mol. The van der Waals surface area contributed by atoms with Crippen molar-refractivity contribution in [3.05, 3.63) is 66.0 Å². The van der Waals surface area contributed by atoms with Crippen LogP contribution < -0.4 is 10.6 Å². The number of nitrogens with zero attached hydrogens (tertiary/aromatic N) is 3. The highest BCUT2D eigenvalue weighted by Crippen LogP contribution is 2.28. The predicted octanol–water partition coefficient (Wildman–Crippen LogP) is 3.74. The van der Waals surface area contributed by atoms with Gasteiger partial charge in [-0.05, 0) is 49.2 Å². The third-order valence-electron chi connectivity index (χ3n) is 4.85. The van der Waals surface area contributed by atoms with Crippen molar-refractivity contribution in [2.45, 2.75) is 12.8 Å². The van der Waals surface area contributed by atoms with Crippen molar-refractivity contribution in [2.24, 2.45) is 0 Å². The molecule has 0 spiro atoms. The fourth-order valence-corrected chi connectivity index (χ4v) is 3.49. The second-order valence-electron chi connectivity index (χ2n) is 6.87. The molecule has 0 radical (unpaired) electrons. The maximum absolute atomic E-state index is 5.27. The SMILES string of the molecule is CNCNc1cccc(-c2cnc3cc(C4=CC(COC)=CCC4)cnn23)c1. The minimum atomic E-state index is 0.643. The molecule has 1 aromatic carbocycles. The smallest absolute Gasteiger partial charge is 0.154 e. The number of hydrogen-bond donors (Lipinski definition) is 2. The third-order valence-corrected chi connectivity index (χ3v) is 4.85. The highest BCUT2D eigenvalue weighted by Gasteiger charge is 2.12. The summed E-state index contributed by atoms with van der Waals surface area (Å²) in [7, 11) is 3.64. The van der Waals surface area contributed by atoms with Crippen molar-refractivity contribution in [1.82, 2.24) is 19.9 Å². The Balaban J connectivity index is 1.65. The third kappa shape index (κ3) is 3.83. The topological polar surface area (TPSA) is 63.5 Å². The van der Waals surface area contributed by atoms with Gasteiger partial charge in [0.1, 0.15) is 0 Å². The van der Waals surface area contributed by atoms with Gasteiger partial charge in [0, 0.05) is 23.9 Å². The molecule has 3 aromatic rings. The van der Waals surface area contributed by atoms with Crippen LogP contribution in [0.25, 0.3) is 22.5 Å². The lowest BCUT2D eigenvalue weighted by molar-refractivity contribution is 0.228. The Bertz CT molecular complexity index is 1030. The molecule has 0 saturated carbocycles. The molecule has 0 unspecified atom stereocenters. The minimum absolute atomic E-state index is 0.643. The van der Waals surface area contributed by atoms with Crippen molar-refractivity contribution in [3.63, 3.8) is 0 Å². The molecule has 144 valence electrons. The van der Waals surface area contributed by atoms with Crippen molar-refractivity contribution in [3.8, 4) is 11.3 Å². The van der Waals surface area contributed by atoms with E-state index in [2.05, 4.69) is 57.1 Å². The number of ether oxygens (including phenoxy) is 1. The van der Waals surface area contributed by atoms with Gasteiger partial charge >= 0.3 is 0 Å². The first-order valence-corrected chi connectivity index (χ1v) is 9.50. The standard InChI is InChI=1S/C22H25N5O/c1-23-15-25-20-8-4-7-18(10-20)21-13-24-22-11-19(12-26-27(21)22)17-6-3-5-16(9-17)14-28-2/h4-5,7-13,23,25H,3,6,14-15H2,1-2H3.